The lowest BCUT2D eigenvalue weighted by atomic mass is 10.0. The monoisotopic (exact) mass is 386 g/mol. The molecule has 0 spiro atoms. The van der Waals surface area contributed by atoms with E-state index >= 15 is 0 Å². The van der Waals surface area contributed by atoms with Gasteiger partial charge in [-0.1, -0.05) is 0 Å². The van der Waals surface area contributed by atoms with E-state index in [-0.39, 0.29) is 16.8 Å². The maximum absolute atomic E-state index is 12.9. The first-order valence-corrected chi connectivity index (χ1v) is 9.83. The van der Waals surface area contributed by atoms with Crippen LogP contribution < -0.4 is 0 Å². The van der Waals surface area contributed by atoms with E-state index < -0.39 is 35.0 Å². The van der Waals surface area contributed by atoms with E-state index in [1.807, 2.05) is 6.92 Å². The van der Waals surface area contributed by atoms with Gasteiger partial charge in [0.2, 0.25) is 10.0 Å². The Morgan fingerprint density at radius 1 is 1.27 bits per heavy atom. The Hall–Kier alpha value is -2.00. The molecular formula is C17H23FN2O5S. The van der Waals surface area contributed by atoms with Gasteiger partial charge in [0, 0.05) is 19.6 Å². The lowest BCUT2D eigenvalue weighted by molar-refractivity contribution is -0.153. The summed E-state index contributed by atoms with van der Waals surface area (Å²) in [6.07, 6.45) is 2.90. The molecule has 1 unspecified atom stereocenters. The van der Waals surface area contributed by atoms with Gasteiger partial charge in [0.15, 0.2) is 6.61 Å². The first-order valence-electron chi connectivity index (χ1n) is 8.39. The number of halogens is 1. The second-order valence-corrected chi connectivity index (χ2v) is 8.35. The Labute approximate surface area is 152 Å². The molecule has 0 aliphatic carbocycles. The van der Waals surface area contributed by atoms with E-state index in [0.717, 1.165) is 47.8 Å². The number of carbonyl (C=O) groups excluding carboxylic acids is 2. The molecule has 1 aromatic carbocycles. The maximum atomic E-state index is 12.9. The Kier molecular flexibility index (Phi) is 6.71. The molecule has 26 heavy (non-hydrogen) atoms. The molecule has 1 heterocycles. The number of nitrogens with zero attached hydrogens (tertiary/aromatic N) is 2. The average Bonchev–Trinajstić information content (AvgIpc) is 2.60. The van der Waals surface area contributed by atoms with Crippen LogP contribution in [0.3, 0.4) is 0 Å². The fourth-order valence-electron chi connectivity index (χ4n) is 2.79. The second kappa shape index (κ2) is 8.59. The van der Waals surface area contributed by atoms with Gasteiger partial charge in [0.1, 0.15) is 12.4 Å². The molecule has 2 rings (SSSR count). The van der Waals surface area contributed by atoms with Crippen molar-refractivity contribution >= 4 is 21.9 Å². The van der Waals surface area contributed by atoms with Gasteiger partial charge in [-0.15, -0.1) is 0 Å². The van der Waals surface area contributed by atoms with Crippen molar-refractivity contribution in [3.63, 3.8) is 0 Å². The summed E-state index contributed by atoms with van der Waals surface area (Å²) in [5.41, 5.74) is 0. The fourth-order valence-corrected chi connectivity index (χ4v) is 3.91. The predicted molar refractivity (Wildman–Crippen MR) is 92.2 cm³/mol. The smallest absolute Gasteiger partial charge is 0.321 e. The van der Waals surface area contributed by atoms with E-state index in [2.05, 4.69) is 0 Å². The Balaban J connectivity index is 1.88. The number of hydrogen-bond acceptors (Lipinski definition) is 5. The molecule has 1 saturated heterocycles. The normalized spacial score (nSPS) is 18.0. The third-order valence-electron chi connectivity index (χ3n) is 4.35. The van der Waals surface area contributed by atoms with Gasteiger partial charge in [-0.05, 0) is 50.5 Å². The molecule has 1 aliphatic heterocycles. The molecule has 1 aliphatic rings. The van der Waals surface area contributed by atoms with Crippen molar-refractivity contribution in [1.29, 1.82) is 0 Å². The van der Waals surface area contributed by atoms with Crippen molar-refractivity contribution in [1.82, 2.24) is 9.21 Å². The highest BCUT2D eigenvalue weighted by molar-refractivity contribution is 7.89. The number of benzene rings is 1. The van der Waals surface area contributed by atoms with Crippen molar-refractivity contribution in [2.75, 3.05) is 26.7 Å². The number of amides is 1. The molecule has 1 aromatic rings. The lowest BCUT2D eigenvalue weighted by Gasteiger charge is -2.33. The number of likely N-dealkylation sites (tertiary alicyclic amines) is 1. The van der Waals surface area contributed by atoms with Crippen LogP contribution >= 0.6 is 0 Å². The largest absolute Gasteiger partial charge is 0.455 e. The predicted octanol–water partition coefficient (Wildman–Crippen LogP) is 1.39. The van der Waals surface area contributed by atoms with Crippen LogP contribution in [-0.4, -0.2) is 62.3 Å². The summed E-state index contributed by atoms with van der Waals surface area (Å²) in [5, 5.41) is 0. The standard InChI is InChI=1S/C17H23FN2O5S/c1-13-5-3-4-10-20(13)16(21)12-25-17(22)11-19(2)26(23,24)15-8-6-14(18)7-9-15/h6-9,13H,3-5,10-12H2,1-2H3. The minimum atomic E-state index is -3.95. The Morgan fingerprint density at radius 3 is 2.54 bits per heavy atom. The SMILES string of the molecule is CC1CCCCN1C(=O)COC(=O)CN(C)S(=O)(=O)c1ccc(F)cc1. The van der Waals surface area contributed by atoms with Crippen molar-refractivity contribution < 1.29 is 27.1 Å². The van der Waals surface area contributed by atoms with Crippen molar-refractivity contribution in [2.45, 2.75) is 37.1 Å². The summed E-state index contributed by atoms with van der Waals surface area (Å²) < 4.78 is 43.3. The molecule has 1 amide bonds. The minimum Gasteiger partial charge on any atom is -0.455 e. The molecule has 0 radical (unpaired) electrons. The zero-order valence-corrected chi connectivity index (χ0v) is 15.7. The number of sulfonamides is 1. The van der Waals surface area contributed by atoms with Crippen molar-refractivity contribution in [2.24, 2.45) is 0 Å². The lowest BCUT2D eigenvalue weighted by Crippen LogP contribution is -2.44. The molecule has 0 saturated carbocycles. The summed E-state index contributed by atoms with van der Waals surface area (Å²) in [4.78, 5) is 25.6. The maximum Gasteiger partial charge on any atom is 0.321 e. The molecular weight excluding hydrogens is 363 g/mol. The summed E-state index contributed by atoms with van der Waals surface area (Å²) >= 11 is 0. The van der Waals surface area contributed by atoms with Crippen molar-refractivity contribution in [3.8, 4) is 0 Å². The number of piperidine rings is 1. The van der Waals surface area contributed by atoms with Crippen LogP contribution in [0.25, 0.3) is 0 Å². The molecule has 0 bridgehead atoms. The fraction of sp³-hybridized carbons (Fsp3) is 0.529. The number of carbonyl (C=O) groups is 2. The Bertz CT molecular complexity index is 751. The molecule has 144 valence electrons. The van der Waals surface area contributed by atoms with Gasteiger partial charge in [0.05, 0.1) is 4.90 Å². The van der Waals surface area contributed by atoms with Crippen LogP contribution in [0.2, 0.25) is 0 Å². The van der Waals surface area contributed by atoms with E-state index in [0.29, 0.717) is 6.54 Å². The van der Waals surface area contributed by atoms with Crippen LogP contribution in [0, 0.1) is 5.82 Å². The summed E-state index contributed by atoms with van der Waals surface area (Å²) in [6, 6.07) is 4.40. The number of hydrogen-bond donors (Lipinski definition) is 0. The van der Waals surface area contributed by atoms with E-state index in [9.17, 15) is 22.4 Å². The molecule has 9 heteroatoms. The number of esters is 1. The molecule has 0 N–H and O–H groups in total. The average molecular weight is 386 g/mol. The van der Waals surface area contributed by atoms with Crippen molar-refractivity contribution in [3.05, 3.63) is 30.1 Å². The van der Waals surface area contributed by atoms with Crippen LogP contribution in [0.15, 0.2) is 29.2 Å². The molecule has 7 nitrogen and oxygen atoms in total. The van der Waals surface area contributed by atoms with Gasteiger partial charge in [-0.2, -0.15) is 4.31 Å². The summed E-state index contributed by atoms with van der Waals surface area (Å²) in [7, 11) is -2.73. The van der Waals surface area contributed by atoms with Gasteiger partial charge >= 0.3 is 5.97 Å². The van der Waals surface area contributed by atoms with E-state index in [1.54, 1.807) is 4.90 Å². The van der Waals surface area contributed by atoms with Gasteiger partial charge in [0.25, 0.3) is 5.91 Å². The Morgan fingerprint density at radius 2 is 1.92 bits per heavy atom. The van der Waals surface area contributed by atoms with Crippen LogP contribution in [0.5, 0.6) is 0 Å². The quantitative estimate of drug-likeness (QED) is 0.690. The van der Waals surface area contributed by atoms with E-state index in [4.69, 9.17) is 4.74 Å². The first kappa shape index (κ1) is 20.3. The zero-order chi connectivity index (χ0) is 19.3. The summed E-state index contributed by atoms with van der Waals surface area (Å²) in [6.45, 7) is 1.63. The molecule has 1 atom stereocenters. The molecule has 0 aromatic heterocycles. The highest BCUT2D eigenvalue weighted by Crippen LogP contribution is 2.17. The third kappa shape index (κ3) is 5.01. The number of rotatable bonds is 6. The topological polar surface area (TPSA) is 84.0 Å². The van der Waals surface area contributed by atoms with Crippen LogP contribution in [-0.2, 0) is 24.3 Å². The summed E-state index contributed by atoms with van der Waals surface area (Å²) in [5.74, 6) is -1.66. The highest BCUT2D eigenvalue weighted by Gasteiger charge is 2.26. The minimum absolute atomic E-state index is 0.108. The second-order valence-electron chi connectivity index (χ2n) is 6.31. The van der Waals surface area contributed by atoms with Gasteiger partial charge in [-0.3, -0.25) is 9.59 Å². The first-order chi connectivity index (χ1) is 12.2. The molecule has 1 fully saturated rings. The van der Waals surface area contributed by atoms with Crippen LogP contribution in [0.1, 0.15) is 26.2 Å². The number of ether oxygens (including phenoxy) is 1. The van der Waals surface area contributed by atoms with Crippen LogP contribution in [0.4, 0.5) is 4.39 Å². The van der Waals surface area contributed by atoms with Gasteiger partial charge in [-0.25, -0.2) is 12.8 Å². The zero-order valence-electron chi connectivity index (χ0n) is 14.9. The highest BCUT2D eigenvalue weighted by atomic mass is 32.2. The number of likely N-dealkylation sites (N-methyl/N-ethyl adjacent to an activating group) is 1. The van der Waals surface area contributed by atoms with Gasteiger partial charge < -0.3 is 9.64 Å². The third-order valence-corrected chi connectivity index (χ3v) is 6.17. The van der Waals surface area contributed by atoms with E-state index in [1.165, 1.54) is 7.05 Å².